The number of para-hydroxylation sites is 1. The van der Waals surface area contributed by atoms with E-state index in [1.165, 1.54) is 0 Å². The molecule has 2 rings (SSSR count). The number of benzene rings is 2. The molecule has 22 heavy (non-hydrogen) atoms. The topological polar surface area (TPSA) is 58.6 Å². The molecule has 0 bridgehead atoms. The van der Waals surface area contributed by atoms with E-state index in [4.69, 9.17) is 16.3 Å². The molecule has 2 aromatic carbocycles. The molecule has 0 atom stereocenters. The van der Waals surface area contributed by atoms with E-state index in [0.29, 0.717) is 22.0 Å². The molecule has 0 aliphatic rings. The molecule has 0 fully saturated rings. The van der Waals surface area contributed by atoms with Crippen LogP contribution in [0.3, 0.4) is 0 Å². The van der Waals surface area contributed by atoms with Crippen LogP contribution in [0.2, 0.25) is 5.02 Å². The summed E-state index contributed by atoms with van der Waals surface area (Å²) in [7, 11) is 0. The second kappa shape index (κ2) is 7.29. The van der Waals surface area contributed by atoms with Gasteiger partial charge in [-0.3, -0.25) is 4.79 Å². The summed E-state index contributed by atoms with van der Waals surface area (Å²) in [5, 5.41) is 12.5. The number of aryl methyl sites for hydroxylation is 2. The van der Waals surface area contributed by atoms with E-state index in [9.17, 15) is 9.90 Å². The average molecular weight is 320 g/mol. The lowest BCUT2D eigenvalue weighted by Crippen LogP contribution is -2.21. The summed E-state index contributed by atoms with van der Waals surface area (Å²) < 4.78 is 5.45. The highest BCUT2D eigenvalue weighted by Gasteiger charge is 2.11. The number of hydrogen-bond acceptors (Lipinski definition) is 3. The number of carbonyl (C=O) groups excluding carboxylic acids is 1. The first-order chi connectivity index (χ1) is 10.5. The van der Waals surface area contributed by atoms with E-state index in [1.807, 2.05) is 19.9 Å². The van der Waals surface area contributed by atoms with Crippen LogP contribution in [0.1, 0.15) is 16.7 Å². The van der Waals surface area contributed by atoms with Crippen molar-refractivity contribution in [2.75, 3.05) is 11.9 Å². The molecule has 116 valence electrons. The monoisotopic (exact) mass is 319 g/mol. The largest absolute Gasteiger partial charge is 0.483 e. The number of aliphatic hydroxyl groups excluding tert-OH is 1. The minimum Gasteiger partial charge on any atom is -0.483 e. The highest BCUT2D eigenvalue weighted by atomic mass is 35.5. The number of nitrogens with one attached hydrogen (secondary N) is 1. The molecule has 0 heterocycles. The van der Waals surface area contributed by atoms with Crippen molar-refractivity contribution < 1.29 is 14.6 Å². The van der Waals surface area contributed by atoms with Gasteiger partial charge in [-0.25, -0.2) is 0 Å². The fourth-order valence-electron chi connectivity index (χ4n) is 2.17. The Labute approximate surface area is 134 Å². The van der Waals surface area contributed by atoms with Crippen molar-refractivity contribution >= 4 is 23.2 Å². The summed E-state index contributed by atoms with van der Waals surface area (Å²) in [5.41, 5.74) is 3.17. The Bertz CT molecular complexity index is 662. The molecule has 1 amide bonds. The third-order valence-electron chi connectivity index (χ3n) is 3.20. The first-order valence-corrected chi connectivity index (χ1v) is 7.27. The van der Waals surface area contributed by atoms with Crippen LogP contribution in [0.15, 0.2) is 36.4 Å². The lowest BCUT2D eigenvalue weighted by atomic mass is 10.1. The maximum absolute atomic E-state index is 12.0. The summed E-state index contributed by atoms with van der Waals surface area (Å²) in [6, 6.07) is 10.8. The second-order valence-electron chi connectivity index (χ2n) is 5.04. The Morgan fingerprint density at radius 1 is 1.27 bits per heavy atom. The Hall–Kier alpha value is -2.04. The maximum atomic E-state index is 12.0. The molecule has 0 aromatic heterocycles. The van der Waals surface area contributed by atoms with Gasteiger partial charge in [-0.1, -0.05) is 35.9 Å². The first kappa shape index (κ1) is 16.3. The molecule has 0 spiro atoms. The van der Waals surface area contributed by atoms with Gasteiger partial charge in [0.15, 0.2) is 6.61 Å². The molecular formula is C17H18ClNO3. The fourth-order valence-corrected chi connectivity index (χ4v) is 2.54. The van der Waals surface area contributed by atoms with Crippen LogP contribution in [0.5, 0.6) is 5.75 Å². The minimum absolute atomic E-state index is 0.138. The minimum atomic E-state index is -0.304. The Balaban J connectivity index is 2.02. The van der Waals surface area contributed by atoms with Gasteiger partial charge in [-0.2, -0.15) is 0 Å². The molecule has 4 nitrogen and oxygen atoms in total. The van der Waals surface area contributed by atoms with Crippen LogP contribution in [0.4, 0.5) is 5.69 Å². The number of hydrogen-bond donors (Lipinski definition) is 2. The molecule has 2 aromatic rings. The number of aliphatic hydroxyl groups is 1. The van der Waals surface area contributed by atoms with Crippen LogP contribution in [0.25, 0.3) is 0 Å². The highest BCUT2D eigenvalue weighted by Crippen LogP contribution is 2.27. The van der Waals surface area contributed by atoms with E-state index >= 15 is 0 Å². The van der Waals surface area contributed by atoms with Gasteiger partial charge in [0.1, 0.15) is 5.75 Å². The lowest BCUT2D eigenvalue weighted by molar-refractivity contribution is -0.118. The Morgan fingerprint density at radius 3 is 2.68 bits per heavy atom. The smallest absolute Gasteiger partial charge is 0.262 e. The van der Waals surface area contributed by atoms with Gasteiger partial charge >= 0.3 is 0 Å². The number of ether oxygens (including phenoxy) is 1. The molecule has 0 saturated heterocycles. The number of halogens is 1. The Kier molecular flexibility index (Phi) is 5.41. The SMILES string of the molecule is Cc1cc(C)c(NC(=O)COc2ccccc2CO)c(Cl)c1. The van der Waals surface area contributed by atoms with Crippen LogP contribution in [0, 0.1) is 13.8 Å². The van der Waals surface area contributed by atoms with E-state index in [1.54, 1.807) is 30.3 Å². The third kappa shape index (κ3) is 4.00. The maximum Gasteiger partial charge on any atom is 0.262 e. The van der Waals surface area contributed by atoms with Crippen molar-refractivity contribution in [2.24, 2.45) is 0 Å². The summed E-state index contributed by atoms with van der Waals surface area (Å²) in [6.07, 6.45) is 0. The predicted molar refractivity (Wildman–Crippen MR) is 87.4 cm³/mol. The first-order valence-electron chi connectivity index (χ1n) is 6.89. The van der Waals surface area contributed by atoms with E-state index < -0.39 is 0 Å². The zero-order valence-corrected chi connectivity index (χ0v) is 13.3. The summed E-state index contributed by atoms with van der Waals surface area (Å²) in [6.45, 7) is 3.54. The number of amides is 1. The van der Waals surface area contributed by atoms with Gasteiger partial charge in [0.2, 0.25) is 0 Å². The third-order valence-corrected chi connectivity index (χ3v) is 3.50. The van der Waals surface area contributed by atoms with Gasteiger partial charge in [-0.05, 0) is 37.1 Å². The molecule has 0 unspecified atom stereocenters. The number of carbonyl (C=O) groups is 1. The quantitative estimate of drug-likeness (QED) is 0.887. The summed E-state index contributed by atoms with van der Waals surface area (Å²) in [4.78, 5) is 12.0. The second-order valence-corrected chi connectivity index (χ2v) is 5.45. The van der Waals surface area contributed by atoms with Crippen LogP contribution >= 0.6 is 11.6 Å². The molecule has 5 heteroatoms. The zero-order chi connectivity index (χ0) is 16.1. The van der Waals surface area contributed by atoms with Gasteiger partial charge < -0.3 is 15.2 Å². The standard InChI is InChI=1S/C17H18ClNO3/c1-11-7-12(2)17(14(18)8-11)19-16(21)10-22-15-6-4-3-5-13(15)9-20/h3-8,20H,9-10H2,1-2H3,(H,19,21). The summed E-state index contributed by atoms with van der Waals surface area (Å²) >= 11 is 6.16. The Morgan fingerprint density at radius 2 is 2.00 bits per heavy atom. The van der Waals surface area contributed by atoms with Crippen molar-refractivity contribution in [3.8, 4) is 5.75 Å². The molecular weight excluding hydrogens is 302 g/mol. The zero-order valence-electron chi connectivity index (χ0n) is 12.5. The van der Waals surface area contributed by atoms with Crippen molar-refractivity contribution in [1.29, 1.82) is 0 Å². The van der Waals surface area contributed by atoms with Crippen molar-refractivity contribution in [3.63, 3.8) is 0 Å². The lowest BCUT2D eigenvalue weighted by Gasteiger charge is -2.13. The van der Waals surface area contributed by atoms with E-state index in [0.717, 1.165) is 11.1 Å². The average Bonchev–Trinajstić information content (AvgIpc) is 2.49. The highest BCUT2D eigenvalue weighted by molar-refractivity contribution is 6.34. The predicted octanol–water partition coefficient (Wildman–Crippen LogP) is 3.47. The van der Waals surface area contributed by atoms with Gasteiger partial charge in [0.25, 0.3) is 5.91 Å². The van der Waals surface area contributed by atoms with Gasteiger partial charge in [-0.15, -0.1) is 0 Å². The number of rotatable bonds is 5. The van der Waals surface area contributed by atoms with Crippen LogP contribution in [-0.2, 0) is 11.4 Å². The summed E-state index contributed by atoms with van der Waals surface area (Å²) in [5.74, 6) is 0.188. The van der Waals surface area contributed by atoms with Crippen molar-refractivity contribution in [1.82, 2.24) is 0 Å². The van der Waals surface area contributed by atoms with Crippen LogP contribution < -0.4 is 10.1 Å². The van der Waals surface area contributed by atoms with Gasteiger partial charge in [0.05, 0.1) is 17.3 Å². The van der Waals surface area contributed by atoms with E-state index in [-0.39, 0.29) is 19.1 Å². The molecule has 0 saturated carbocycles. The van der Waals surface area contributed by atoms with Crippen molar-refractivity contribution in [3.05, 3.63) is 58.1 Å². The fraction of sp³-hybridized carbons (Fsp3) is 0.235. The molecule has 0 radical (unpaired) electrons. The van der Waals surface area contributed by atoms with Crippen molar-refractivity contribution in [2.45, 2.75) is 20.5 Å². The van der Waals surface area contributed by atoms with Gasteiger partial charge in [0, 0.05) is 5.56 Å². The van der Waals surface area contributed by atoms with Crippen LogP contribution in [-0.4, -0.2) is 17.6 Å². The molecule has 2 N–H and O–H groups in total. The number of anilines is 1. The molecule has 0 aliphatic carbocycles. The normalized spacial score (nSPS) is 10.4. The molecule has 0 aliphatic heterocycles. The van der Waals surface area contributed by atoms with E-state index in [2.05, 4.69) is 5.32 Å².